The van der Waals surface area contributed by atoms with E-state index in [1.165, 1.54) is 7.11 Å². The Balaban J connectivity index is 1.84. The van der Waals surface area contributed by atoms with Crippen LogP contribution in [-0.2, 0) is 14.3 Å². The molecule has 0 radical (unpaired) electrons. The number of carboxylic acid groups (broad SMARTS) is 1. The molecule has 0 fully saturated rings. The highest BCUT2D eigenvalue weighted by Gasteiger charge is 2.45. The minimum absolute atomic E-state index is 0.265. The number of aromatic amines is 2. The van der Waals surface area contributed by atoms with Crippen LogP contribution in [0.4, 0.5) is 0 Å². The summed E-state index contributed by atoms with van der Waals surface area (Å²) in [6.07, 6.45) is 5.24. The van der Waals surface area contributed by atoms with Crippen LogP contribution in [0.2, 0.25) is 0 Å². The molecule has 0 saturated heterocycles. The topological polar surface area (TPSA) is 138 Å². The lowest BCUT2D eigenvalue weighted by molar-refractivity contribution is -0.141. The Kier molecular flexibility index (Phi) is 6.99. The lowest BCUT2D eigenvalue weighted by Gasteiger charge is -2.15. The molecule has 0 unspecified atom stereocenters. The molecule has 0 aromatic carbocycles. The first kappa shape index (κ1) is 29.0. The van der Waals surface area contributed by atoms with E-state index in [0.29, 0.717) is 39.1 Å². The van der Waals surface area contributed by atoms with E-state index in [4.69, 9.17) is 14.7 Å². The highest BCUT2D eigenvalue weighted by atomic mass is 16.5. The van der Waals surface area contributed by atoms with E-state index in [9.17, 15) is 19.5 Å². The zero-order valence-corrected chi connectivity index (χ0v) is 25.6. The fourth-order valence-electron chi connectivity index (χ4n) is 6.82. The maximum absolute atomic E-state index is 14.0. The SMILES string of the molecule is C=Cc1c(C)c2cc3nc(c4c5[nH]c(cc6nc(cc1[nH]2)C(C)=C6CC)c(C)c5C(=O)[C@@H]4C(=O)OC)[C@@H](/C=C\C(=O)O)[C@@H]3C. The standard InChI is InChI=1S/C35H34N4O5/c1-8-19-15(3)22-12-24-17(5)21(10-11-28(40)41)32(38-24)30-31(35(43)44-7)34(42)29-18(6)25(39-33(29)30)14-27-20(9-2)16(4)23(37-27)13-26(19)36-22/h8,10-14,17,21,31,36,39H,1,9H2,2-7H3,(H,40,41)/b11-10-,22-12?,23-13?,24-12?,25-14?,26-13?,27-14?,32-30?/t17-,21-,31+/m0/s1. The van der Waals surface area contributed by atoms with Gasteiger partial charge in [0.2, 0.25) is 0 Å². The van der Waals surface area contributed by atoms with E-state index in [2.05, 4.69) is 30.4 Å². The molecule has 1 aliphatic carbocycles. The van der Waals surface area contributed by atoms with Crippen molar-refractivity contribution in [3.63, 3.8) is 0 Å². The number of aromatic nitrogens is 4. The van der Waals surface area contributed by atoms with Gasteiger partial charge in [-0.3, -0.25) is 14.6 Å². The van der Waals surface area contributed by atoms with Gasteiger partial charge in [0.25, 0.3) is 0 Å². The van der Waals surface area contributed by atoms with Crippen molar-refractivity contribution in [2.75, 3.05) is 7.11 Å². The number of carbonyl (C=O) groups excluding carboxylic acids is 2. The van der Waals surface area contributed by atoms with Crippen molar-refractivity contribution < 1.29 is 24.2 Å². The number of hydrogen-bond acceptors (Lipinski definition) is 6. The largest absolute Gasteiger partial charge is 0.478 e. The summed E-state index contributed by atoms with van der Waals surface area (Å²) in [4.78, 5) is 55.8. The molecule has 224 valence electrons. The van der Waals surface area contributed by atoms with Crippen molar-refractivity contribution in [3.05, 3.63) is 87.5 Å². The molecular formula is C35H34N4O5. The minimum atomic E-state index is -1.23. The molecule has 9 heteroatoms. The molecule has 6 rings (SSSR count). The van der Waals surface area contributed by atoms with Gasteiger partial charge in [-0.1, -0.05) is 32.6 Å². The van der Waals surface area contributed by atoms with E-state index in [-0.39, 0.29) is 11.7 Å². The molecule has 9 nitrogen and oxygen atoms in total. The monoisotopic (exact) mass is 590 g/mol. The summed E-state index contributed by atoms with van der Waals surface area (Å²) in [6, 6.07) is 5.93. The summed E-state index contributed by atoms with van der Waals surface area (Å²) in [5, 5.41) is 9.51. The maximum atomic E-state index is 14.0. The fourth-order valence-corrected chi connectivity index (χ4v) is 6.82. The van der Waals surface area contributed by atoms with E-state index in [0.717, 1.165) is 57.2 Å². The van der Waals surface area contributed by atoms with Crippen molar-refractivity contribution in [1.82, 2.24) is 19.9 Å². The molecule has 0 spiro atoms. The summed E-state index contributed by atoms with van der Waals surface area (Å²) in [7, 11) is 1.25. The number of carbonyl (C=O) groups is 3. The average molecular weight is 591 g/mol. The van der Waals surface area contributed by atoms with Gasteiger partial charge in [0.1, 0.15) is 5.92 Å². The molecule has 5 heterocycles. The van der Waals surface area contributed by atoms with E-state index >= 15 is 0 Å². The van der Waals surface area contributed by atoms with Crippen LogP contribution in [0.25, 0.3) is 39.3 Å². The zero-order chi connectivity index (χ0) is 31.6. The average Bonchev–Trinajstić information content (AvgIpc) is 3.72. The lowest BCUT2D eigenvalue weighted by Crippen LogP contribution is -2.21. The van der Waals surface area contributed by atoms with Crippen LogP contribution >= 0.6 is 0 Å². The molecule has 0 amide bonds. The summed E-state index contributed by atoms with van der Waals surface area (Å²) in [5.41, 5.74) is 11.3. The zero-order valence-electron chi connectivity index (χ0n) is 25.6. The van der Waals surface area contributed by atoms with E-state index in [1.54, 1.807) is 6.08 Å². The number of nitrogens with zero attached hydrogens (tertiary/aromatic N) is 2. The van der Waals surface area contributed by atoms with Gasteiger partial charge in [-0.2, -0.15) is 0 Å². The van der Waals surface area contributed by atoms with Crippen LogP contribution in [0.3, 0.4) is 0 Å². The number of esters is 1. The van der Waals surface area contributed by atoms with Crippen LogP contribution < -0.4 is 0 Å². The number of methoxy groups -OCH3 is 1. The summed E-state index contributed by atoms with van der Waals surface area (Å²) in [5.74, 6) is -4.17. The van der Waals surface area contributed by atoms with Gasteiger partial charge in [0, 0.05) is 56.8 Å². The lowest BCUT2D eigenvalue weighted by atomic mass is 9.86. The number of Topliss-reactive ketones (excluding diaryl/α,β-unsaturated/α-hetero) is 1. The summed E-state index contributed by atoms with van der Waals surface area (Å²) in [6.45, 7) is 14.0. The number of fused-ring (bicyclic) bond motifs is 8. The maximum Gasteiger partial charge on any atom is 0.327 e. The van der Waals surface area contributed by atoms with Gasteiger partial charge < -0.3 is 19.8 Å². The van der Waals surface area contributed by atoms with Crippen molar-refractivity contribution >= 4 is 57.0 Å². The molecule has 3 aliphatic rings. The number of ether oxygens (including phenoxy) is 1. The third-order valence-electron chi connectivity index (χ3n) is 9.25. The summed E-state index contributed by atoms with van der Waals surface area (Å²) >= 11 is 0. The van der Waals surface area contributed by atoms with Crippen molar-refractivity contribution in [2.24, 2.45) is 0 Å². The number of aliphatic carboxylic acids is 1. The van der Waals surface area contributed by atoms with Gasteiger partial charge in [0.15, 0.2) is 5.78 Å². The van der Waals surface area contributed by atoms with E-state index < -0.39 is 23.8 Å². The van der Waals surface area contributed by atoms with Crippen LogP contribution in [0, 0.1) is 13.8 Å². The first-order chi connectivity index (χ1) is 21.0. The van der Waals surface area contributed by atoms with Crippen LogP contribution in [0.1, 0.15) is 100 Å². The molecule has 0 saturated carbocycles. The number of ketones is 1. The quantitative estimate of drug-likeness (QED) is 0.167. The van der Waals surface area contributed by atoms with Crippen molar-refractivity contribution in [2.45, 2.75) is 58.8 Å². The predicted octanol–water partition coefficient (Wildman–Crippen LogP) is 6.90. The second-order valence-corrected chi connectivity index (χ2v) is 11.5. The normalized spacial score (nSPS) is 19.2. The van der Waals surface area contributed by atoms with Gasteiger partial charge in [0.05, 0.1) is 29.7 Å². The second kappa shape index (κ2) is 10.6. The Morgan fingerprint density at radius 2 is 1.75 bits per heavy atom. The predicted molar refractivity (Wildman–Crippen MR) is 170 cm³/mol. The molecule has 3 aromatic heterocycles. The molecule has 3 atom stereocenters. The van der Waals surface area contributed by atoms with Crippen LogP contribution in [0.15, 0.2) is 36.9 Å². The van der Waals surface area contributed by atoms with Gasteiger partial charge in [-0.25, -0.2) is 9.78 Å². The highest BCUT2D eigenvalue weighted by molar-refractivity contribution is 6.23. The Labute approximate surface area is 254 Å². The van der Waals surface area contributed by atoms with Crippen molar-refractivity contribution in [1.29, 1.82) is 0 Å². The Hall–Kier alpha value is -5.05. The Morgan fingerprint density at radius 3 is 2.41 bits per heavy atom. The molecule has 8 bridgehead atoms. The van der Waals surface area contributed by atoms with Gasteiger partial charge in [-0.05, 0) is 67.7 Å². The third kappa shape index (κ3) is 4.25. The summed E-state index contributed by atoms with van der Waals surface area (Å²) < 4.78 is 5.11. The first-order valence-corrected chi connectivity index (χ1v) is 14.6. The highest BCUT2D eigenvalue weighted by Crippen LogP contribution is 2.47. The molecule has 3 aromatic rings. The minimum Gasteiger partial charge on any atom is -0.478 e. The number of carboxylic acids is 1. The third-order valence-corrected chi connectivity index (χ3v) is 9.25. The number of allylic oxidation sites excluding steroid dienone is 3. The number of nitrogens with one attached hydrogen (secondary N) is 2. The van der Waals surface area contributed by atoms with Crippen LogP contribution in [-0.4, -0.2) is 49.9 Å². The fraction of sp³-hybridized carbons (Fsp3) is 0.286. The number of hydrogen-bond donors (Lipinski definition) is 3. The first-order valence-electron chi connectivity index (χ1n) is 14.6. The van der Waals surface area contributed by atoms with Crippen LogP contribution in [0.5, 0.6) is 0 Å². The van der Waals surface area contributed by atoms with Gasteiger partial charge >= 0.3 is 11.9 Å². The smallest absolute Gasteiger partial charge is 0.327 e. The Bertz CT molecular complexity index is 2040. The van der Waals surface area contributed by atoms with Crippen molar-refractivity contribution in [3.8, 4) is 0 Å². The molecule has 3 N–H and O–H groups in total. The molecule has 2 aliphatic heterocycles. The number of aryl methyl sites for hydroxylation is 2. The van der Waals surface area contributed by atoms with Gasteiger partial charge in [-0.15, -0.1) is 0 Å². The molecule has 44 heavy (non-hydrogen) atoms. The second-order valence-electron chi connectivity index (χ2n) is 11.5. The Morgan fingerprint density at radius 1 is 1.05 bits per heavy atom. The molecular weight excluding hydrogens is 556 g/mol. The number of H-pyrrole nitrogens is 2. The number of rotatable bonds is 5. The van der Waals surface area contributed by atoms with E-state index in [1.807, 2.05) is 45.0 Å².